The maximum absolute atomic E-state index is 12.5. The summed E-state index contributed by atoms with van der Waals surface area (Å²) in [6.07, 6.45) is 0.587. The third-order valence-corrected chi connectivity index (χ3v) is 3.91. The highest BCUT2D eigenvalue weighted by molar-refractivity contribution is 6.30. The van der Waals surface area contributed by atoms with Gasteiger partial charge in [-0.15, -0.1) is 0 Å². The van der Waals surface area contributed by atoms with Crippen molar-refractivity contribution in [2.24, 2.45) is 5.92 Å². The first-order valence-electron chi connectivity index (χ1n) is 7.86. The Labute approximate surface area is 147 Å². The standard InChI is InChI=1S/C18H23ClN2O3/c1-11-9-14(15(10-11)21-17(23)24-18(2,3)4)16(22)20-13-7-5-12(19)6-8-13/h5-8,14-15H,1,9-10H2,2-4H3,(H,20,22)(H,21,23)/t14-,15+/m1/s1. The second-order valence-corrected chi connectivity index (χ2v) is 7.45. The van der Waals surface area contributed by atoms with Crippen molar-refractivity contribution in [3.8, 4) is 0 Å². The largest absolute Gasteiger partial charge is 0.444 e. The number of hydrogen-bond acceptors (Lipinski definition) is 3. The van der Waals surface area contributed by atoms with Crippen LogP contribution in [-0.2, 0) is 9.53 Å². The van der Waals surface area contributed by atoms with Gasteiger partial charge in [-0.2, -0.15) is 0 Å². The molecule has 2 atom stereocenters. The molecule has 0 saturated heterocycles. The second kappa shape index (κ2) is 7.26. The van der Waals surface area contributed by atoms with Crippen molar-refractivity contribution in [3.05, 3.63) is 41.4 Å². The predicted molar refractivity (Wildman–Crippen MR) is 95.1 cm³/mol. The number of hydrogen-bond donors (Lipinski definition) is 2. The zero-order valence-corrected chi connectivity index (χ0v) is 14.9. The first-order valence-corrected chi connectivity index (χ1v) is 8.24. The number of amides is 2. The normalized spacial score (nSPS) is 20.6. The molecular formula is C18H23ClN2O3. The van der Waals surface area contributed by atoms with Gasteiger partial charge in [0.15, 0.2) is 0 Å². The van der Waals surface area contributed by atoms with Crippen molar-refractivity contribution in [2.45, 2.75) is 45.3 Å². The minimum absolute atomic E-state index is 0.156. The van der Waals surface area contributed by atoms with E-state index in [1.54, 1.807) is 45.0 Å². The van der Waals surface area contributed by atoms with Crippen LogP contribution in [0.5, 0.6) is 0 Å². The molecule has 1 fully saturated rings. The number of nitrogens with one attached hydrogen (secondary N) is 2. The number of halogens is 1. The zero-order chi connectivity index (χ0) is 17.9. The third-order valence-electron chi connectivity index (χ3n) is 3.65. The van der Waals surface area contributed by atoms with Gasteiger partial charge in [0.1, 0.15) is 5.60 Å². The lowest BCUT2D eigenvalue weighted by Crippen LogP contribution is -2.44. The number of rotatable bonds is 3. The molecule has 0 heterocycles. The van der Waals surface area contributed by atoms with Crippen molar-refractivity contribution in [1.82, 2.24) is 5.32 Å². The van der Waals surface area contributed by atoms with E-state index in [1.165, 1.54) is 0 Å². The molecule has 2 N–H and O–H groups in total. The number of alkyl carbamates (subject to hydrolysis) is 1. The predicted octanol–water partition coefficient (Wildman–Crippen LogP) is 4.14. The first-order chi connectivity index (χ1) is 11.1. The van der Waals surface area contributed by atoms with Crippen molar-refractivity contribution in [3.63, 3.8) is 0 Å². The Kier molecular flexibility index (Phi) is 5.54. The quantitative estimate of drug-likeness (QED) is 0.805. The molecule has 2 rings (SSSR count). The molecule has 0 radical (unpaired) electrons. The summed E-state index contributed by atoms with van der Waals surface area (Å²) in [6, 6.07) is 6.57. The zero-order valence-electron chi connectivity index (χ0n) is 14.2. The number of ether oxygens (including phenoxy) is 1. The molecule has 0 unspecified atom stereocenters. The molecule has 0 bridgehead atoms. The SMILES string of the molecule is C=C1C[C@H](NC(=O)OC(C)(C)C)[C@H](C(=O)Nc2ccc(Cl)cc2)C1. The summed E-state index contributed by atoms with van der Waals surface area (Å²) in [7, 11) is 0. The topological polar surface area (TPSA) is 67.4 Å². The van der Waals surface area contributed by atoms with Gasteiger partial charge < -0.3 is 15.4 Å². The molecule has 2 amide bonds. The lowest BCUT2D eigenvalue weighted by Gasteiger charge is -2.24. The van der Waals surface area contributed by atoms with Crippen LogP contribution in [0.1, 0.15) is 33.6 Å². The molecule has 1 aliphatic carbocycles. The Hall–Kier alpha value is -2.01. The molecule has 6 heteroatoms. The van der Waals surface area contributed by atoms with E-state index < -0.39 is 11.7 Å². The van der Waals surface area contributed by atoms with Gasteiger partial charge in [0, 0.05) is 16.8 Å². The molecular weight excluding hydrogens is 328 g/mol. The lowest BCUT2D eigenvalue weighted by atomic mass is 10.0. The smallest absolute Gasteiger partial charge is 0.407 e. The Balaban J connectivity index is 2.01. The highest BCUT2D eigenvalue weighted by Gasteiger charge is 2.36. The minimum atomic E-state index is -0.583. The Morgan fingerprint density at radius 3 is 2.42 bits per heavy atom. The van der Waals surface area contributed by atoms with Gasteiger partial charge in [0.2, 0.25) is 5.91 Å². The van der Waals surface area contributed by atoms with Gasteiger partial charge in [-0.1, -0.05) is 23.8 Å². The van der Waals surface area contributed by atoms with E-state index in [0.717, 1.165) is 5.57 Å². The monoisotopic (exact) mass is 350 g/mol. The van der Waals surface area contributed by atoms with E-state index >= 15 is 0 Å². The van der Waals surface area contributed by atoms with E-state index in [9.17, 15) is 9.59 Å². The van der Waals surface area contributed by atoms with Crippen LogP contribution in [-0.4, -0.2) is 23.6 Å². The fourth-order valence-corrected chi connectivity index (χ4v) is 2.77. The summed E-state index contributed by atoms with van der Waals surface area (Å²) in [5.74, 6) is -0.530. The molecule has 1 aromatic carbocycles. The van der Waals surface area contributed by atoms with Crippen LogP contribution < -0.4 is 10.6 Å². The van der Waals surface area contributed by atoms with Gasteiger partial charge >= 0.3 is 6.09 Å². The van der Waals surface area contributed by atoms with Crippen LogP contribution in [0.3, 0.4) is 0 Å². The summed E-state index contributed by atoms with van der Waals surface area (Å²) in [6.45, 7) is 9.34. The van der Waals surface area contributed by atoms with Crippen LogP contribution >= 0.6 is 11.6 Å². The van der Waals surface area contributed by atoms with Crippen LogP contribution in [0.4, 0.5) is 10.5 Å². The third kappa shape index (κ3) is 5.27. The Morgan fingerprint density at radius 1 is 1.21 bits per heavy atom. The van der Waals surface area contributed by atoms with Gasteiger partial charge in [-0.3, -0.25) is 4.79 Å². The van der Waals surface area contributed by atoms with Crippen molar-refractivity contribution < 1.29 is 14.3 Å². The highest BCUT2D eigenvalue weighted by atomic mass is 35.5. The molecule has 1 saturated carbocycles. The van der Waals surface area contributed by atoms with E-state index in [-0.39, 0.29) is 17.9 Å². The van der Waals surface area contributed by atoms with Gasteiger partial charge in [-0.05, 0) is 57.9 Å². The summed E-state index contributed by atoms with van der Waals surface area (Å²) in [5, 5.41) is 6.24. The fourth-order valence-electron chi connectivity index (χ4n) is 2.64. The first kappa shape index (κ1) is 18.3. The molecule has 24 heavy (non-hydrogen) atoms. The van der Waals surface area contributed by atoms with Crippen LogP contribution in [0, 0.1) is 5.92 Å². The molecule has 0 spiro atoms. The van der Waals surface area contributed by atoms with Crippen LogP contribution in [0.15, 0.2) is 36.4 Å². The fraction of sp³-hybridized carbons (Fsp3) is 0.444. The molecule has 0 aromatic heterocycles. The molecule has 1 aromatic rings. The molecule has 0 aliphatic heterocycles. The molecule has 1 aliphatic rings. The summed E-state index contributed by atoms with van der Waals surface area (Å²) in [5.41, 5.74) is 1.02. The summed E-state index contributed by atoms with van der Waals surface area (Å²) in [4.78, 5) is 24.5. The number of benzene rings is 1. The highest BCUT2D eigenvalue weighted by Crippen LogP contribution is 2.31. The summed E-state index contributed by atoms with van der Waals surface area (Å²) >= 11 is 5.84. The average Bonchev–Trinajstić information content (AvgIpc) is 2.80. The maximum atomic E-state index is 12.5. The van der Waals surface area contributed by atoms with Gasteiger partial charge in [-0.25, -0.2) is 4.79 Å². The van der Waals surface area contributed by atoms with Crippen LogP contribution in [0.25, 0.3) is 0 Å². The van der Waals surface area contributed by atoms with E-state index in [4.69, 9.17) is 16.3 Å². The number of carbonyl (C=O) groups is 2. The average molecular weight is 351 g/mol. The summed E-state index contributed by atoms with van der Waals surface area (Å²) < 4.78 is 5.27. The van der Waals surface area contributed by atoms with Gasteiger partial charge in [0.05, 0.1) is 5.92 Å². The molecule has 5 nitrogen and oxygen atoms in total. The maximum Gasteiger partial charge on any atom is 0.407 e. The van der Waals surface area contributed by atoms with E-state index in [1.807, 2.05) is 0 Å². The Bertz CT molecular complexity index is 635. The van der Waals surface area contributed by atoms with Crippen molar-refractivity contribution in [2.75, 3.05) is 5.32 Å². The number of carbonyl (C=O) groups excluding carboxylic acids is 2. The number of anilines is 1. The lowest BCUT2D eigenvalue weighted by molar-refractivity contribution is -0.120. The van der Waals surface area contributed by atoms with Crippen molar-refractivity contribution >= 4 is 29.3 Å². The van der Waals surface area contributed by atoms with Crippen LogP contribution in [0.2, 0.25) is 5.02 Å². The van der Waals surface area contributed by atoms with E-state index in [2.05, 4.69) is 17.2 Å². The second-order valence-electron chi connectivity index (χ2n) is 7.01. The van der Waals surface area contributed by atoms with Crippen molar-refractivity contribution in [1.29, 1.82) is 0 Å². The minimum Gasteiger partial charge on any atom is -0.444 e. The molecule has 130 valence electrons. The Morgan fingerprint density at radius 2 is 1.83 bits per heavy atom. The van der Waals surface area contributed by atoms with Gasteiger partial charge in [0.25, 0.3) is 0 Å². The van der Waals surface area contributed by atoms with E-state index in [0.29, 0.717) is 23.6 Å².